The number of benzene rings is 2. The third kappa shape index (κ3) is 5.19. The Kier molecular flexibility index (Phi) is 7.55. The molecule has 7 nitrogen and oxygen atoms in total. The van der Waals surface area contributed by atoms with E-state index in [9.17, 15) is 18.0 Å². The smallest absolute Gasteiger partial charge is 0.435 e. The van der Waals surface area contributed by atoms with Crippen molar-refractivity contribution in [2.45, 2.75) is 19.1 Å². The van der Waals surface area contributed by atoms with Crippen molar-refractivity contribution in [3.05, 3.63) is 52.5 Å². The number of halogens is 3. The predicted molar refractivity (Wildman–Crippen MR) is 121 cm³/mol. The molecule has 0 bridgehead atoms. The Balaban J connectivity index is 1.94. The number of hydrogen-bond donors (Lipinski definition) is 1. The van der Waals surface area contributed by atoms with E-state index in [4.69, 9.17) is 18.9 Å². The normalized spacial score (nSPS) is 12.1. The summed E-state index contributed by atoms with van der Waals surface area (Å²) < 4.78 is 62.0. The van der Waals surface area contributed by atoms with Gasteiger partial charge >= 0.3 is 6.18 Å². The molecule has 0 saturated carbocycles. The van der Waals surface area contributed by atoms with Crippen LogP contribution in [0.15, 0.2) is 36.4 Å². The first-order valence-corrected chi connectivity index (χ1v) is 10.8. The van der Waals surface area contributed by atoms with E-state index < -0.39 is 28.7 Å². The van der Waals surface area contributed by atoms with Crippen molar-refractivity contribution in [3.8, 4) is 33.6 Å². The number of carbonyl (C=O) groups is 1. The lowest BCUT2D eigenvalue weighted by Gasteiger charge is -2.16. The summed E-state index contributed by atoms with van der Waals surface area (Å²) in [6.45, 7) is 1.66. The van der Waals surface area contributed by atoms with Crippen LogP contribution in [-0.2, 0) is 6.18 Å². The number of hydrogen-bond acceptors (Lipinski definition) is 7. The molecular formula is C23H23F3N2O5S. The highest BCUT2D eigenvalue weighted by atomic mass is 32.1. The minimum atomic E-state index is -4.81. The van der Waals surface area contributed by atoms with Crippen LogP contribution in [0.3, 0.4) is 0 Å². The number of alkyl halides is 3. The summed E-state index contributed by atoms with van der Waals surface area (Å²) >= 11 is 0.647. The second-order valence-electron chi connectivity index (χ2n) is 7.07. The third-order valence-electron chi connectivity index (χ3n) is 4.99. The van der Waals surface area contributed by atoms with Crippen LogP contribution in [-0.4, -0.2) is 39.3 Å². The molecule has 1 amide bonds. The average molecular weight is 497 g/mol. The van der Waals surface area contributed by atoms with Crippen LogP contribution in [0.4, 0.5) is 13.2 Å². The van der Waals surface area contributed by atoms with E-state index in [0.29, 0.717) is 45.5 Å². The summed E-state index contributed by atoms with van der Waals surface area (Å²) in [6.07, 6.45) is -4.81. The highest BCUT2D eigenvalue weighted by Crippen LogP contribution is 2.40. The molecule has 1 heterocycles. The van der Waals surface area contributed by atoms with E-state index >= 15 is 0 Å². The van der Waals surface area contributed by atoms with Crippen molar-refractivity contribution in [1.82, 2.24) is 10.3 Å². The highest BCUT2D eigenvalue weighted by molar-refractivity contribution is 7.17. The summed E-state index contributed by atoms with van der Waals surface area (Å²) in [6, 6.07) is 9.00. The Hall–Kier alpha value is -3.47. The molecule has 0 aliphatic carbocycles. The zero-order chi connectivity index (χ0) is 25.0. The van der Waals surface area contributed by atoms with Crippen molar-refractivity contribution >= 4 is 17.2 Å². The van der Waals surface area contributed by atoms with Gasteiger partial charge in [0.25, 0.3) is 5.91 Å². The number of rotatable bonds is 8. The SMILES string of the molecule is COc1ccc(-c2nc(C(F)(F)F)c(C(=O)NC(C)c3ccc(OC)c(OC)c3)s2)cc1OC. The number of carbonyl (C=O) groups excluding carboxylic acids is 1. The van der Waals surface area contributed by atoms with Crippen molar-refractivity contribution in [2.75, 3.05) is 28.4 Å². The van der Waals surface area contributed by atoms with E-state index in [1.807, 2.05) is 0 Å². The molecule has 3 rings (SSSR count). The van der Waals surface area contributed by atoms with Gasteiger partial charge in [-0.3, -0.25) is 4.79 Å². The average Bonchev–Trinajstić information content (AvgIpc) is 3.29. The lowest BCUT2D eigenvalue weighted by Crippen LogP contribution is -2.28. The number of amides is 1. The molecule has 2 aromatic carbocycles. The van der Waals surface area contributed by atoms with Crippen LogP contribution >= 0.6 is 11.3 Å². The van der Waals surface area contributed by atoms with Gasteiger partial charge in [0.05, 0.1) is 34.5 Å². The molecule has 0 fully saturated rings. The molecule has 1 atom stereocenters. The Morgan fingerprint density at radius 2 is 1.47 bits per heavy atom. The van der Waals surface area contributed by atoms with Gasteiger partial charge in [0.2, 0.25) is 0 Å². The molecule has 0 aliphatic rings. The van der Waals surface area contributed by atoms with Crippen LogP contribution in [0.1, 0.15) is 33.9 Å². The van der Waals surface area contributed by atoms with Crippen LogP contribution in [0, 0.1) is 0 Å². The van der Waals surface area contributed by atoms with Gasteiger partial charge in [-0.2, -0.15) is 13.2 Å². The summed E-state index contributed by atoms with van der Waals surface area (Å²) in [4.78, 5) is 16.1. The van der Waals surface area contributed by atoms with E-state index in [1.54, 1.807) is 37.3 Å². The molecule has 182 valence electrons. The van der Waals surface area contributed by atoms with Gasteiger partial charge in [-0.15, -0.1) is 11.3 Å². The van der Waals surface area contributed by atoms with Crippen molar-refractivity contribution in [2.24, 2.45) is 0 Å². The number of nitrogens with one attached hydrogen (secondary N) is 1. The minimum absolute atomic E-state index is 0.0252. The molecule has 1 aromatic heterocycles. The first-order valence-electron chi connectivity index (χ1n) is 9.96. The number of ether oxygens (including phenoxy) is 4. The van der Waals surface area contributed by atoms with Crippen molar-refractivity contribution < 1.29 is 36.9 Å². The van der Waals surface area contributed by atoms with Gasteiger partial charge in [0.1, 0.15) is 9.88 Å². The number of methoxy groups -OCH3 is 4. The fourth-order valence-corrected chi connectivity index (χ4v) is 4.21. The van der Waals surface area contributed by atoms with Gasteiger partial charge in [-0.25, -0.2) is 4.98 Å². The molecular weight excluding hydrogens is 473 g/mol. The second kappa shape index (κ2) is 10.2. The van der Waals surface area contributed by atoms with E-state index in [1.165, 1.54) is 34.5 Å². The maximum absolute atomic E-state index is 13.7. The first-order chi connectivity index (χ1) is 16.1. The lowest BCUT2D eigenvalue weighted by atomic mass is 10.1. The number of aromatic nitrogens is 1. The molecule has 34 heavy (non-hydrogen) atoms. The van der Waals surface area contributed by atoms with Gasteiger partial charge in [0, 0.05) is 5.56 Å². The summed E-state index contributed by atoms with van der Waals surface area (Å²) in [5.74, 6) is 0.785. The summed E-state index contributed by atoms with van der Waals surface area (Å²) in [7, 11) is 5.82. The second-order valence-corrected chi connectivity index (χ2v) is 8.07. The number of nitrogens with zero attached hydrogens (tertiary/aromatic N) is 1. The molecule has 3 aromatic rings. The fourth-order valence-electron chi connectivity index (χ4n) is 3.23. The molecule has 11 heteroatoms. The first kappa shape index (κ1) is 25.2. The monoisotopic (exact) mass is 496 g/mol. The van der Waals surface area contributed by atoms with Gasteiger partial charge < -0.3 is 24.3 Å². The Morgan fingerprint density at radius 1 is 0.912 bits per heavy atom. The molecule has 0 spiro atoms. The number of thiazole rings is 1. The van der Waals surface area contributed by atoms with Crippen LogP contribution < -0.4 is 24.3 Å². The zero-order valence-corrected chi connectivity index (χ0v) is 19.9. The van der Waals surface area contributed by atoms with Gasteiger partial charge in [0.15, 0.2) is 28.7 Å². The Labute approximate surface area is 198 Å². The summed E-state index contributed by atoms with van der Waals surface area (Å²) in [5.41, 5.74) is -0.261. The van der Waals surface area contributed by atoms with Crippen molar-refractivity contribution in [1.29, 1.82) is 0 Å². The Morgan fingerprint density at radius 3 is 2.03 bits per heavy atom. The maximum Gasteiger partial charge on any atom is 0.435 e. The predicted octanol–water partition coefficient (Wildman–Crippen LogP) is 5.35. The minimum Gasteiger partial charge on any atom is -0.493 e. The molecule has 0 aliphatic heterocycles. The van der Waals surface area contributed by atoms with Gasteiger partial charge in [-0.1, -0.05) is 6.07 Å². The third-order valence-corrected chi connectivity index (χ3v) is 6.09. The van der Waals surface area contributed by atoms with E-state index in [2.05, 4.69) is 10.3 Å². The molecule has 1 unspecified atom stereocenters. The lowest BCUT2D eigenvalue weighted by molar-refractivity contribution is -0.141. The highest BCUT2D eigenvalue weighted by Gasteiger charge is 2.40. The fraction of sp³-hybridized carbons (Fsp3) is 0.304. The van der Waals surface area contributed by atoms with Crippen LogP contribution in [0.5, 0.6) is 23.0 Å². The zero-order valence-electron chi connectivity index (χ0n) is 19.1. The van der Waals surface area contributed by atoms with E-state index in [-0.39, 0.29) is 5.01 Å². The topological polar surface area (TPSA) is 78.9 Å². The van der Waals surface area contributed by atoms with Crippen LogP contribution in [0.25, 0.3) is 10.6 Å². The summed E-state index contributed by atoms with van der Waals surface area (Å²) in [5, 5.41) is 2.63. The van der Waals surface area contributed by atoms with Gasteiger partial charge in [-0.05, 0) is 42.8 Å². The Bertz CT molecular complexity index is 1180. The standard InChI is InChI=1S/C23H23F3N2O5S/c1-12(13-6-8-15(30-2)17(10-13)32-4)27-21(29)19-20(23(24,25)26)28-22(34-19)14-7-9-16(31-3)18(11-14)33-5/h6-12H,1-5H3,(H,27,29). The van der Waals surface area contributed by atoms with E-state index in [0.717, 1.165) is 0 Å². The molecule has 0 radical (unpaired) electrons. The quantitative estimate of drug-likeness (QED) is 0.453. The molecule has 0 saturated heterocycles. The van der Waals surface area contributed by atoms with Crippen molar-refractivity contribution in [3.63, 3.8) is 0 Å². The largest absolute Gasteiger partial charge is 0.493 e. The van der Waals surface area contributed by atoms with Crippen LogP contribution in [0.2, 0.25) is 0 Å². The maximum atomic E-state index is 13.7. The molecule has 1 N–H and O–H groups in total.